The van der Waals surface area contributed by atoms with E-state index in [4.69, 9.17) is 30.5 Å². The number of hydrogen-bond acceptors (Lipinski definition) is 5. The molecule has 1 aromatic carbocycles. The van der Waals surface area contributed by atoms with Crippen LogP contribution in [0.1, 0.15) is 6.42 Å². The van der Waals surface area contributed by atoms with Crippen LogP contribution in [0.4, 0.5) is 0 Å². The lowest BCUT2D eigenvalue weighted by Crippen LogP contribution is -2.30. The normalized spacial score (nSPS) is 20.2. The zero-order chi connectivity index (χ0) is 14.9. The van der Waals surface area contributed by atoms with Crippen LogP contribution in [0.5, 0.6) is 5.75 Å². The molecule has 0 radical (unpaired) electrons. The lowest BCUT2D eigenvalue weighted by Gasteiger charge is -2.19. The second-order valence-corrected chi connectivity index (χ2v) is 5.36. The van der Waals surface area contributed by atoms with Crippen LogP contribution in [0.3, 0.4) is 0 Å². The van der Waals surface area contributed by atoms with Gasteiger partial charge in [-0.1, -0.05) is 11.6 Å². The van der Waals surface area contributed by atoms with Gasteiger partial charge < -0.3 is 18.9 Å². The number of benzene rings is 1. The third-order valence-electron chi connectivity index (χ3n) is 3.14. The van der Waals surface area contributed by atoms with Gasteiger partial charge in [0.1, 0.15) is 31.9 Å². The molecular weight excluding hydrogens is 294 g/mol. The summed E-state index contributed by atoms with van der Waals surface area (Å²) in [6, 6.07) is 7.30. The Labute approximate surface area is 130 Å². The number of nitrogens with zero attached hydrogens (tertiary/aromatic N) is 1. The smallest absolute Gasteiger partial charge is 0.119 e. The average molecular weight is 316 g/mol. The Balaban J connectivity index is 1.69. The van der Waals surface area contributed by atoms with Gasteiger partial charge >= 0.3 is 0 Å². The Morgan fingerprint density at radius 3 is 2.86 bits per heavy atom. The lowest BCUT2D eigenvalue weighted by atomic mass is 10.3. The van der Waals surface area contributed by atoms with Crippen LogP contribution in [0.15, 0.2) is 24.3 Å². The van der Waals surface area contributed by atoms with Gasteiger partial charge in [0.15, 0.2) is 0 Å². The number of methoxy groups -OCH3 is 1. The van der Waals surface area contributed by atoms with Gasteiger partial charge in [-0.05, 0) is 30.7 Å². The van der Waals surface area contributed by atoms with Crippen molar-refractivity contribution >= 4 is 11.6 Å². The van der Waals surface area contributed by atoms with Crippen molar-refractivity contribution in [1.82, 2.24) is 4.90 Å². The lowest BCUT2D eigenvalue weighted by molar-refractivity contribution is -0.0205. The van der Waals surface area contributed by atoms with Gasteiger partial charge in [-0.3, -0.25) is 4.90 Å². The molecule has 0 amide bonds. The second kappa shape index (κ2) is 9.23. The molecule has 0 bridgehead atoms. The van der Waals surface area contributed by atoms with Crippen molar-refractivity contribution in [3.63, 3.8) is 0 Å². The molecule has 118 valence electrons. The number of rotatable bonds is 7. The van der Waals surface area contributed by atoms with Crippen molar-refractivity contribution in [2.45, 2.75) is 12.5 Å². The minimum absolute atomic E-state index is 0.0619. The summed E-state index contributed by atoms with van der Waals surface area (Å²) < 4.78 is 22.1. The van der Waals surface area contributed by atoms with Crippen molar-refractivity contribution in [1.29, 1.82) is 0 Å². The highest BCUT2D eigenvalue weighted by Gasteiger charge is 2.18. The average Bonchev–Trinajstić information content (AvgIpc) is 2.72. The van der Waals surface area contributed by atoms with E-state index in [1.807, 2.05) is 12.1 Å². The third kappa shape index (κ3) is 6.20. The third-order valence-corrected chi connectivity index (χ3v) is 3.39. The second-order valence-electron chi connectivity index (χ2n) is 4.92. The Morgan fingerprint density at radius 1 is 1.29 bits per heavy atom. The summed E-state index contributed by atoms with van der Waals surface area (Å²) in [5.74, 6) is 0.782. The van der Waals surface area contributed by atoms with Gasteiger partial charge in [-0.25, -0.2) is 0 Å². The van der Waals surface area contributed by atoms with Crippen LogP contribution >= 0.6 is 11.6 Å². The molecule has 5 nitrogen and oxygen atoms in total. The quantitative estimate of drug-likeness (QED) is 0.723. The summed E-state index contributed by atoms with van der Waals surface area (Å²) in [7, 11) is 1.71. The molecule has 1 saturated heterocycles. The monoisotopic (exact) mass is 315 g/mol. The zero-order valence-electron chi connectivity index (χ0n) is 12.3. The van der Waals surface area contributed by atoms with Crippen LogP contribution in [0.2, 0.25) is 5.02 Å². The molecular formula is C15H22ClNO4. The van der Waals surface area contributed by atoms with Crippen molar-refractivity contribution in [3.8, 4) is 5.75 Å². The first kappa shape index (κ1) is 16.5. The molecule has 1 heterocycles. The zero-order valence-corrected chi connectivity index (χ0v) is 13.1. The van der Waals surface area contributed by atoms with Crippen molar-refractivity contribution < 1.29 is 18.9 Å². The summed E-state index contributed by atoms with van der Waals surface area (Å²) in [4.78, 5) is 2.11. The van der Waals surface area contributed by atoms with Gasteiger partial charge in [0.2, 0.25) is 0 Å². The van der Waals surface area contributed by atoms with E-state index in [1.54, 1.807) is 19.2 Å². The van der Waals surface area contributed by atoms with E-state index in [-0.39, 0.29) is 6.10 Å². The molecule has 1 fully saturated rings. The summed E-state index contributed by atoms with van der Waals surface area (Å²) >= 11 is 5.84. The fourth-order valence-corrected chi connectivity index (χ4v) is 2.11. The van der Waals surface area contributed by atoms with Crippen LogP contribution < -0.4 is 4.74 Å². The Morgan fingerprint density at radius 2 is 2.10 bits per heavy atom. The highest BCUT2D eigenvalue weighted by atomic mass is 35.5. The van der Waals surface area contributed by atoms with Crippen molar-refractivity contribution in [3.05, 3.63) is 29.3 Å². The Kier molecular flexibility index (Phi) is 7.26. The summed E-state index contributed by atoms with van der Waals surface area (Å²) in [6.45, 7) is 3.79. The number of ether oxygens (including phenoxy) is 4. The molecule has 1 aliphatic rings. The van der Waals surface area contributed by atoms with E-state index in [0.717, 1.165) is 25.3 Å². The largest absolute Gasteiger partial charge is 0.491 e. The first-order valence-electron chi connectivity index (χ1n) is 7.07. The predicted octanol–water partition coefficient (Wildman–Crippen LogP) is 2.39. The summed E-state index contributed by atoms with van der Waals surface area (Å²) in [5.41, 5.74) is 0. The van der Waals surface area contributed by atoms with Gasteiger partial charge in [0, 0.05) is 25.3 Å². The fraction of sp³-hybridized carbons (Fsp3) is 0.600. The molecule has 6 heteroatoms. The number of hydrogen-bond donors (Lipinski definition) is 0. The first-order valence-corrected chi connectivity index (χ1v) is 7.44. The van der Waals surface area contributed by atoms with Crippen LogP contribution in [0.25, 0.3) is 0 Å². The highest BCUT2D eigenvalue weighted by Crippen LogP contribution is 2.16. The molecule has 1 unspecified atom stereocenters. The first-order chi connectivity index (χ1) is 10.3. The molecule has 0 spiro atoms. The van der Waals surface area contributed by atoms with Crippen molar-refractivity contribution in [2.75, 3.05) is 46.9 Å². The minimum Gasteiger partial charge on any atom is -0.491 e. The Hall–Kier alpha value is -0.850. The minimum atomic E-state index is -0.0619. The van der Waals surface area contributed by atoms with Crippen LogP contribution in [-0.2, 0) is 14.2 Å². The van der Waals surface area contributed by atoms with E-state index >= 15 is 0 Å². The van der Waals surface area contributed by atoms with E-state index in [9.17, 15) is 0 Å². The highest BCUT2D eigenvalue weighted by molar-refractivity contribution is 6.30. The maximum Gasteiger partial charge on any atom is 0.119 e. The SMILES string of the molecule is COCCCN1COCC(COc2ccc(Cl)cc2)OC1. The fourth-order valence-electron chi connectivity index (χ4n) is 1.99. The van der Waals surface area contributed by atoms with Gasteiger partial charge in [0.05, 0.1) is 6.61 Å². The molecule has 1 aromatic rings. The van der Waals surface area contributed by atoms with Crippen LogP contribution in [0, 0.1) is 0 Å². The van der Waals surface area contributed by atoms with Gasteiger partial charge in [-0.15, -0.1) is 0 Å². The molecule has 0 N–H and O–H groups in total. The molecule has 2 rings (SSSR count). The van der Waals surface area contributed by atoms with E-state index in [0.29, 0.717) is 31.7 Å². The maximum atomic E-state index is 5.84. The molecule has 1 aliphatic heterocycles. The van der Waals surface area contributed by atoms with Crippen molar-refractivity contribution in [2.24, 2.45) is 0 Å². The number of halogens is 1. The molecule has 0 aromatic heterocycles. The topological polar surface area (TPSA) is 40.2 Å². The standard InChI is InChI=1S/C15H22ClNO4/c1-18-8-2-7-17-11-19-9-15(21-12-17)10-20-14-5-3-13(16)4-6-14/h3-6,15H,2,7-12H2,1H3. The molecule has 0 saturated carbocycles. The van der Waals surface area contributed by atoms with Gasteiger partial charge in [0.25, 0.3) is 0 Å². The van der Waals surface area contributed by atoms with E-state index in [2.05, 4.69) is 4.90 Å². The molecule has 0 aliphatic carbocycles. The summed E-state index contributed by atoms with van der Waals surface area (Å²) in [5, 5.41) is 0.697. The van der Waals surface area contributed by atoms with Crippen LogP contribution in [-0.4, -0.2) is 57.9 Å². The van der Waals surface area contributed by atoms with E-state index in [1.165, 1.54) is 0 Å². The Bertz CT molecular complexity index is 401. The summed E-state index contributed by atoms with van der Waals surface area (Å²) in [6.07, 6.45) is 0.905. The predicted molar refractivity (Wildman–Crippen MR) is 80.7 cm³/mol. The molecule has 21 heavy (non-hydrogen) atoms. The maximum absolute atomic E-state index is 5.84. The van der Waals surface area contributed by atoms with E-state index < -0.39 is 0 Å². The molecule has 1 atom stereocenters. The van der Waals surface area contributed by atoms with Gasteiger partial charge in [-0.2, -0.15) is 0 Å².